The molecule has 6 N–H and O–H groups in total. The second-order valence-electron chi connectivity index (χ2n) is 11.4. The van der Waals surface area contributed by atoms with Gasteiger partial charge in [0.1, 0.15) is 23.1 Å². The number of nitrogens with one attached hydrogen (secondary N) is 4. The van der Waals surface area contributed by atoms with Crippen LogP contribution in [0.25, 0.3) is 16.5 Å². The van der Waals surface area contributed by atoms with Crippen LogP contribution in [0.5, 0.6) is 11.5 Å². The molecule has 5 rings (SSSR count). The Hall–Kier alpha value is -5.91. The van der Waals surface area contributed by atoms with Crippen LogP contribution in [0.15, 0.2) is 85.1 Å². The van der Waals surface area contributed by atoms with Gasteiger partial charge in [0.25, 0.3) is 0 Å². The maximum atomic E-state index is 13.3. The number of anilines is 3. The number of rotatable bonds is 8. The van der Waals surface area contributed by atoms with Crippen molar-refractivity contribution in [3.8, 4) is 17.2 Å². The Morgan fingerprint density at radius 2 is 1.62 bits per heavy atom. The summed E-state index contributed by atoms with van der Waals surface area (Å²) in [6.45, 7) is 7.94. The smallest absolute Gasteiger partial charge is 0.324 e. The fourth-order valence-electron chi connectivity index (χ4n) is 4.48. The Labute approximate surface area is 260 Å². The Morgan fingerprint density at radius 1 is 0.889 bits per heavy atom. The summed E-state index contributed by atoms with van der Waals surface area (Å²) < 4.78 is 7.88. The predicted molar refractivity (Wildman–Crippen MR) is 174 cm³/mol. The van der Waals surface area contributed by atoms with Crippen LogP contribution >= 0.6 is 0 Å². The first-order chi connectivity index (χ1) is 21.5. The summed E-state index contributed by atoms with van der Waals surface area (Å²) in [6.07, 6.45) is 1.49. The number of urea groups is 2. The third-order valence-electron chi connectivity index (χ3n) is 6.78. The molecule has 45 heavy (non-hydrogen) atoms. The lowest BCUT2D eigenvalue weighted by atomic mass is 9.92. The van der Waals surface area contributed by atoms with Crippen LogP contribution in [-0.2, 0) is 10.2 Å². The van der Waals surface area contributed by atoms with Gasteiger partial charge in [-0.15, -0.1) is 0 Å². The highest BCUT2D eigenvalue weighted by Gasteiger charge is 2.22. The van der Waals surface area contributed by atoms with Gasteiger partial charge in [-0.25, -0.2) is 19.3 Å². The molecule has 0 aliphatic carbocycles. The van der Waals surface area contributed by atoms with Crippen molar-refractivity contribution in [1.29, 1.82) is 0 Å². The second-order valence-corrected chi connectivity index (χ2v) is 11.4. The van der Waals surface area contributed by atoms with E-state index in [4.69, 9.17) is 15.6 Å². The van der Waals surface area contributed by atoms with Crippen molar-refractivity contribution in [1.82, 2.24) is 20.1 Å². The molecule has 0 spiro atoms. The SMILES string of the molecule is Cc1ccc(-n2nc(C(C)(C)C)cc2NC(=O)Nc2ccc(Oc3ccnc(NC(=O)CNC(N)=O)c3)c3ccccc23)cc1. The predicted octanol–water partition coefficient (Wildman–Crippen LogP) is 6.07. The molecule has 0 radical (unpaired) electrons. The number of hydrogen-bond donors (Lipinski definition) is 5. The largest absolute Gasteiger partial charge is 0.457 e. The van der Waals surface area contributed by atoms with Crippen LogP contribution in [0.1, 0.15) is 32.0 Å². The van der Waals surface area contributed by atoms with E-state index in [0.717, 1.165) is 27.7 Å². The average Bonchev–Trinajstić information content (AvgIpc) is 3.42. The van der Waals surface area contributed by atoms with E-state index in [9.17, 15) is 14.4 Å². The molecule has 0 bridgehead atoms. The van der Waals surface area contributed by atoms with E-state index < -0.39 is 18.0 Å². The molecule has 12 heteroatoms. The Morgan fingerprint density at radius 3 is 2.33 bits per heavy atom. The summed E-state index contributed by atoms with van der Waals surface area (Å²) in [7, 11) is 0. The lowest BCUT2D eigenvalue weighted by Crippen LogP contribution is -2.36. The zero-order valence-electron chi connectivity index (χ0n) is 25.3. The summed E-state index contributed by atoms with van der Waals surface area (Å²) in [5.74, 6) is 1.24. The molecule has 0 atom stereocenters. The Balaban J connectivity index is 1.35. The minimum atomic E-state index is -0.805. The molecule has 0 aliphatic heterocycles. The van der Waals surface area contributed by atoms with E-state index in [0.29, 0.717) is 23.0 Å². The van der Waals surface area contributed by atoms with Crippen molar-refractivity contribution >= 4 is 46.1 Å². The van der Waals surface area contributed by atoms with Crippen molar-refractivity contribution in [3.05, 3.63) is 96.3 Å². The van der Waals surface area contributed by atoms with Gasteiger partial charge in [-0.1, -0.05) is 62.7 Å². The fraction of sp³-hybridized carbons (Fsp3) is 0.182. The minimum absolute atomic E-state index is 0.224. The number of hydrogen-bond acceptors (Lipinski definition) is 6. The van der Waals surface area contributed by atoms with E-state index in [2.05, 4.69) is 47.0 Å². The van der Waals surface area contributed by atoms with Crippen molar-refractivity contribution in [2.75, 3.05) is 22.5 Å². The molecule has 5 amide bonds. The van der Waals surface area contributed by atoms with Gasteiger partial charge < -0.3 is 26.4 Å². The lowest BCUT2D eigenvalue weighted by Gasteiger charge is -2.15. The summed E-state index contributed by atoms with van der Waals surface area (Å²) in [5.41, 5.74) is 8.17. The normalized spacial score (nSPS) is 11.1. The summed E-state index contributed by atoms with van der Waals surface area (Å²) >= 11 is 0. The standard InChI is InChI=1S/C33H34N8O4/c1-20-9-11-21(12-10-20)41-29(18-27(40-41)33(2,3)4)39-32(44)37-25-13-14-26(24-8-6-5-7-23(24)25)45-22-15-16-35-28(17-22)38-30(42)19-36-31(34)43/h5-18H,19H2,1-4H3,(H3,34,36,43)(H,35,38,42)(H2,37,39,44). The second kappa shape index (κ2) is 12.8. The minimum Gasteiger partial charge on any atom is -0.457 e. The van der Waals surface area contributed by atoms with Crippen LogP contribution < -0.4 is 31.7 Å². The number of primary amides is 1. The summed E-state index contributed by atoms with van der Waals surface area (Å²) in [4.78, 5) is 40.4. The van der Waals surface area contributed by atoms with E-state index in [1.54, 1.807) is 28.9 Å². The maximum Gasteiger partial charge on any atom is 0.324 e. The van der Waals surface area contributed by atoms with Crippen LogP contribution in [0.3, 0.4) is 0 Å². The number of aromatic nitrogens is 3. The van der Waals surface area contributed by atoms with Gasteiger partial charge in [0.05, 0.1) is 23.6 Å². The van der Waals surface area contributed by atoms with Crippen LogP contribution in [0, 0.1) is 6.92 Å². The number of benzene rings is 3. The number of amides is 5. The summed E-state index contributed by atoms with van der Waals surface area (Å²) in [5, 5.41) is 17.0. The van der Waals surface area contributed by atoms with Crippen molar-refractivity contribution in [2.45, 2.75) is 33.1 Å². The maximum absolute atomic E-state index is 13.3. The number of nitrogens with two attached hydrogens (primary N) is 1. The van der Waals surface area contributed by atoms with Gasteiger partial charge in [-0.05, 0) is 37.3 Å². The molecule has 0 unspecified atom stereocenters. The third kappa shape index (κ3) is 7.54. The highest BCUT2D eigenvalue weighted by molar-refractivity contribution is 6.07. The lowest BCUT2D eigenvalue weighted by molar-refractivity contribution is -0.115. The van der Waals surface area contributed by atoms with Crippen molar-refractivity contribution in [2.24, 2.45) is 5.73 Å². The highest BCUT2D eigenvalue weighted by Crippen LogP contribution is 2.35. The van der Waals surface area contributed by atoms with Gasteiger partial charge >= 0.3 is 12.1 Å². The molecule has 0 aliphatic rings. The quantitative estimate of drug-likeness (QED) is 0.144. The number of ether oxygens (including phenoxy) is 1. The Bertz CT molecular complexity index is 1880. The topological polar surface area (TPSA) is 165 Å². The number of aryl methyl sites for hydroxylation is 1. The molecular weight excluding hydrogens is 572 g/mol. The first-order valence-corrected chi connectivity index (χ1v) is 14.2. The molecule has 12 nitrogen and oxygen atoms in total. The molecule has 0 saturated carbocycles. The van der Waals surface area contributed by atoms with Crippen LogP contribution in [-0.4, -0.2) is 39.3 Å². The number of carbonyl (C=O) groups excluding carboxylic acids is 3. The number of fused-ring (bicyclic) bond motifs is 1. The molecule has 2 heterocycles. The van der Waals surface area contributed by atoms with Crippen molar-refractivity contribution < 1.29 is 19.1 Å². The average molecular weight is 607 g/mol. The van der Waals surface area contributed by atoms with Gasteiger partial charge in [0.2, 0.25) is 5.91 Å². The van der Waals surface area contributed by atoms with Crippen molar-refractivity contribution in [3.63, 3.8) is 0 Å². The van der Waals surface area contributed by atoms with E-state index >= 15 is 0 Å². The fourth-order valence-corrected chi connectivity index (χ4v) is 4.48. The van der Waals surface area contributed by atoms with E-state index in [1.807, 2.05) is 61.5 Å². The van der Waals surface area contributed by atoms with Gasteiger partial charge in [0, 0.05) is 34.5 Å². The molecule has 5 aromatic rings. The highest BCUT2D eigenvalue weighted by atomic mass is 16.5. The number of nitrogens with zero attached hydrogens (tertiary/aromatic N) is 3. The van der Waals surface area contributed by atoms with Gasteiger partial charge in [-0.3, -0.25) is 10.1 Å². The van der Waals surface area contributed by atoms with Crippen LogP contribution in [0.4, 0.5) is 26.9 Å². The van der Waals surface area contributed by atoms with Gasteiger partial charge in [-0.2, -0.15) is 5.10 Å². The zero-order valence-corrected chi connectivity index (χ0v) is 25.3. The zero-order chi connectivity index (χ0) is 32.1. The van der Waals surface area contributed by atoms with E-state index in [-0.39, 0.29) is 17.8 Å². The van der Waals surface area contributed by atoms with E-state index in [1.165, 1.54) is 6.20 Å². The molecule has 230 valence electrons. The Kier molecular flexibility index (Phi) is 8.66. The number of carbonyl (C=O) groups is 3. The van der Waals surface area contributed by atoms with Gasteiger partial charge in [0.15, 0.2) is 0 Å². The molecule has 3 aromatic carbocycles. The number of pyridine rings is 1. The molecule has 0 fully saturated rings. The molecular formula is C33H34N8O4. The monoisotopic (exact) mass is 606 g/mol. The molecule has 2 aromatic heterocycles. The first-order valence-electron chi connectivity index (χ1n) is 14.2. The third-order valence-corrected chi connectivity index (χ3v) is 6.78. The van der Waals surface area contributed by atoms with Crippen LogP contribution in [0.2, 0.25) is 0 Å². The summed E-state index contributed by atoms with van der Waals surface area (Å²) in [6, 6.07) is 22.8. The molecule has 0 saturated heterocycles. The first kappa shape index (κ1) is 30.5.